The van der Waals surface area contributed by atoms with Gasteiger partial charge in [0.1, 0.15) is 5.82 Å². The first-order chi connectivity index (χ1) is 9.02. The largest absolute Gasteiger partial charge is 0.385 e. The fourth-order valence-corrected chi connectivity index (χ4v) is 3.47. The van der Waals surface area contributed by atoms with Gasteiger partial charge in [0.15, 0.2) is 0 Å². The minimum absolute atomic E-state index is 0.000230. The van der Waals surface area contributed by atoms with E-state index in [9.17, 15) is 9.50 Å². The van der Waals surface area contributed by atoms with Crippen LogP contribution >= 0.6 is 0 Å². The molecular weight excluding hydrogens is 243 g/mol. The Labute approximate surface area is 113 Å². The highest BCUT2D eigenvalue weighted by Crippen LogP contribution is 2.48. The summed E-state index contributed by atoms with van der Waals surface area (Å²) >= 11 is 0. The molecule has 2 unspecified atom stereocenters. The Hall–Kier alpha value is -0.930. The van der Waals surface area contributed by atoms with Gasteiger partial charge in [0.2, 0.25) is 0 Å². The van der Waals surface area contributed by atoms with Gasteiger partial charge in [-0.15, -0.1) is 0 Å². The van der Waals surface area contributed by atoms with Crippen molar-refractivity contribution in [3.63, 3.8) is 0 Å². The zero-order valence-electron chi connectivity index (χ0n) is 11.4. The molecule has 1 aromatic rings. The van der Waals surface area contributed by atoms with Crippen LogP contribution in [-0.4, -0.2) is 17.3 Å². The minimum Gasteiger partial charge on any atom is -0.385 e. The molecule has 3 heteroatoms. The summed E-state index contributed by atoms with van der Waals surface area (Å²) < 4.78 is 19.3. The number of hydrogen-bond acceptors (Lipinski definition) is 2. The van der Waals surface area contributed by atoms with Crippen molar-refractivity contribution in [1.82, 2.24) is 0 Å². The predicted octanol–water partition coefficient (Wildman–Crippen LogP) is 3.38. The first-order valence-corrected chi connectivity index (χ1v) is 7.14. The molecule has 1 saturated heterocycles. The molecule has 0 radical (unpaired) electrons. The highest BCUT2D eigenvalue weighted by Gasteiger charge is 2.47. The lowest BCUT2D eigenvalue weighted by molar-refractivity contribution is -0.174. The summed E-state index contributed by atoms with van der Waals surface area (Å²) in [5, 5.41) is 10.9. The lowest BCUT2D eigenvalue weighted by atomic mass is 9.67. The molecule has 2 atom stereocenters. The molecule has 2 fully saturated rings. The van der Waals surface area contributed by atoms with E-state index in [-0.39, 0.29) is 17.3 Å². The van der Waals surface area contributed by atoms with E-state index in [0.29, 0.717) is 12.2 Å². The molecule has 1 aliphatic heterocycles. The molecule has 1 aliphatic carbocycles. The van der Waals surface area contributed by atoms with E-state index in [4.69, 9.17) is 4.74 Å². The second kappa shape index (κ2) is 4.57. The SMILES string of the molecule is CC(O)(c1cccc(F)c1)C1CCOC2(CCC2)C1. The first-order valence-electron chi connectivity index (χ1n) is 7.14. The van der Waals surface area contributed by atoms with E-state index < -0.39 is 5.60 Å². The Kier molecular flexibility index (Phi) is 3.14. The van der Waals surface area contributed by atoms with Gasteiger partial charge in [0.05, 0.1) is 11.2 Å². The third-order valence-electron chi connectivity index (χ3n) is 4.96. The Morgan fingerprint density at radius 3 is 2.84 bits per heavy atom. The normalized spacial score (nSPS) is 28.7. The molecular formula is C16H21FO2. The number of benzene rings is 1. The van der Waals surface area contributed by atoms with Gasteiger partial charge in [-0.05, 0) is 62.6 Å². The van der Waals surface area contributed by atoms with Crippen molar-refractivity contribution in [1.29, 1.82) is 0 Å². The average Bonchev–Trinajstić information content (AvgIpc) is 2.37. The Morgan fingerprint density at radius 1 is 1.42 bits per heavy atom. The second-order valence-corrected chi connectivity index (χ2v) is 6.23. The van der Waals surface area contributed by atoms with E-state index in [1.165, 1.54) is 18.6 Å². The van der Waals surface area contributed by atoms with Crippen LogP contribution in [0.5, 0.6) is 0 Å². The van der Waals surface area contributed by atoms with Crippen molar-refractivity contribution in [3.05, 3.63) is 35.6 Å². The maximum Gasteiger partial charge on any atom is 0.123 e. The standard InChI is InChI=1S/C16H21FO2/c1-15(18,12-4-2-5-14(17)10-12)13-6-9-19-16(11-13)7-3-8-16/h2,4-5,10,13,18H,3,6-9,11H2,1H3. The monoisotopic (exact) mass is 264 g/mol. The van der Waals surface area contributed by atoms with Gasteiger partial charge in [-0.2, -0.15) is 0 Å². The maximum absolute atomic E-state index is 13.4. The van der Waals surface area contributed by atoms with Crippen LogP contribution in [0.3, 0.4) is 0 Å². The molecule has 1 spiro atoms. The summed E-state index contributed by atoms with van der Waals surface area (Å²) in [5.41, 5.74) is -0.303. The third-order valence-corrected chi connectivity index (χ3v) is 4.96. The smallest absolute Gasteiger partial charge is 0.123 e. The van der Waals surface area contributed by atoms with Gasteiger partial charge in [-0.3, -0.25) is 0 Å². The van der Waals surface area contributed by atoms with Crippen molar-refractivity contribution < 1.29 is 14.2 Å². The van der Waals surface area contributed by atoms with E-state index in [0.717, 1.165) is 25.7 Å². The molecule has 19 heavy (non-hydrogen) atoms. The molecule has 1 saturated carbocycles. The molecule has 3 rings (SSSR count). The van der Waals surface area contributed by atoms with Gasteiger partial charge in [0.25, 0.3) is 0 Å². The van der Waals surface area contributed by atoms with E-state index in [1.807, 2.05) is 13.0 Å². The van der Waals surface area contributed by atoms with Gasteiger partial charge in [-0.1, -0.05) is 12.1 Å². The molecule has 1 aromatic carbocycles. The van der Waals surface area contributed by atoms with Crippen LogP contribution < -0.4 is 0 Å². The summed E-state index contributed by atoms with van der Waals surface area (Å²) in [6, 6.07) is 6.34. The van der Waals surface area contributed by atoms with Gasteiger partial charge < -0.3 is 9.84 Å². The summed E-state index contributed by atoms with van der Waals surface area (Å²) in [6.07, 6.45) is 5.14. The van der Waals surface area contributed by atoms with Crippen molar-refractivity contribution in [3.8, 4) is 0 Å². The highest BCUT2D eigenvalue weighted by molar-refractivity contribution is 5.24. The molecule has 0 aromatic heterocycles. The van der Waals surface area contributed by atoms with E-state index in [1.54, 1.807) is 6.07 Å². The highest BCUT2D eigenvalue weighted by atomic mass is 19.1. The number of hydrogen-bond donors (Lipinski definition) is 1. The van der Waals surface area contributed by atoms with Gasteiger partial charge in [-0.25, -0.2) is 4.39 Å². The number of ether oxygens (including phenoxy) is 1. The zero-order valence-corrected chi connectivity index (χ0v) is 11.4. The molecule has 0 bridgehead atoms. The van der Waals surface area contributed by atoms with Crippen molar-refractivity contribution in [2.45, 2.75) is 50.2 Å². The Morgan fingerprint density at radius 2 is 2.21 bits per heavy atom. The number of halogens is 1. The van der Waals surface area contributed by atoms with Crippen LogP contribution in [-0.2, 0) is 10.3 Å². The predicted molar refractivity (Wildman–Crippen MR) is 71.2 cm³/mol. The second-order valence-electron chi connectivity index (χ2n) is 6.23. The molecule has 0 amide bonds. The van der Waals surface area contributed by atoms with Crippen LogP contribution in [0.2, 0.25) is 0 Å². The quantitative estimate of drug-likeness (QED) is 0.887. The van der Waals surface area contributed by atoms with Gasteiger partial charge in [0, 0.05) is 6.61 Å². The average molecular weight is 264 g/mol. The fourth-order valence-electron chi connectivity index (χ4n) is 3.47. The zero-order chi connectivity index (χ0) is 13.5. The van der Waals surface area contributed by atoms with Crippen LogP contribution in [0.15, 0.2) is 24.3 Å². The van der Waals surface area contributed by atoms with Crippen molar-refractivity contribution in [2.24, 2.45) is 5.92 Å². The molecule has 1 heterocycles. The van der Waals surface area contributed by atoms with E-state index >= 15 is 0 Å². The summed E-state index contributed by atoms with van der Waals surface area (Å²) in [7, 11) is 0. The van der Waals surface area contributed by atoms with Crippen LogP contribution in [0.1, 0.15) is 44.6 Å². The number of rotatable bonds is 2. The van der Waals surface area contributed by atoms with Gasteiger partial charge >= 0.3 is 0 Å². The molecule has 2 aliphatic rings. The number of aliphatic hydroxyl groups is 1. The Balaban J connectivity index is 1.83. The topological polar surface area (TPSA) is 29.5 Å². The van der Waals surface area contributed by atoms with Crippen LogP contribution in [0, 0.1) is 11.7 Å². The summed E-state index contributed by atoms with van der Waals surface area (Å²) in [5.74, 6) is -0.147. The van der Waals surface area contributed by atoms with Crippen LogP contribution in [0.4, 0.5) is 4.39 Å². The third kappa shape index (κ3) is 2.30. The minimum atomic E-state index is -0.978. The van der Waals surface area contributed by atoms with Crippen LogP contribution in [0.25, 0.3) is 0 Å². The maximum atomic E-state index is 13.4. The first kappa shape index (κ1) is 13.1. The fraction of sp³-hybridized carbons (Fsp3) is 0.625. The Bertz CT molecular complexity index is 466. The molecule has 104 valence electrons. The van der Waals surface area contributed by atoms with Crippen molar-refractivity contribution in [2.75, 3.05) is 6.61 Å². The lowest BCUT2D eigenvalue weighted by Gasteiger charge is -2.50. The van der Waals surface area contributed by atoms with Crippen molar-refractivity contribution >= 4 is 0 Å². The molecule has 1 N–H and O–H groups in total. The van der Waals surface area contributed by atoms with E-state index in [2.05, 4.69) is 0 Å². The summed E-state index contributed by atoms with van der Waals surface area (Å²) in [6.45, 7) is 2.51. The molecule has 2 nitrogen and oxygen atoms in total. The lowest BCUT2D eigenvalue weighted by Crippen LogP contribution is -2.49. The summed E-state index contributed by atoms with van der Waals surface area (Å²) in [4.78, 5) is 0.